The Balaban J connectivity index is 0.000000125. The molecule has 110 heavy (non-hydrogen) atoms. The molecule has 7 aromatic heterocycles. The fraction of sp³-hybridized carbons (Fsp3) is 0.476. The molecule has 3 saturated heterocycles. The Morgan fingerprint density at radius 2 is 0.791 bits per heavy atom. The van der Waals surface area contributed by atoms with E-state index in [1.807, 2.05) is 29.4 Å². The highest BCUT2D eigenvalue weighted by Crippen LogP contribution is 2.36. The first-order chi connectivity index (χ1) is 54.1. The van der Waals surface area contributed by atoms with E-state index >= 15 is 0 Å². The largest absolute Gasteiger partial charge is 0.470 e. The molecule has 578 valence electrons. The van der Waals surface area contributed by atoms with Crippen LogP contribution in [0.15, 0.2) is 145 Å². The number of hydrogen-bond acceptors (Lipinski definition) is 25. The SMILES string of the molecule is NC1CCC(Nc2nc(Nc3ccc(CN4CCOCC4)cc3)c3ncn(-c4ccoc4)c3n2)CC1.NC1CCC(Nc2nc(Nc3ccc(CN4CCOCC4)cc3)c3ncn(Cc4ccccc4)c3n2)CC1.NC1CCC(Nc2nc(Nc3ccc(NC4CCOCC4)cc3)c3ncn(C4CCCC4)c3n2)CC1. The molecule has 13 N–H and O–H groups in total. The van der Waals surface area contributed by atoms with Crippen LogP contribution >= 0.6 is 0 Å². The number of morpholine rings is 2. The Morgan fingerprint density at radius 1 is 0.373 bits per heavy atom. The van der Waals surface area contributed by atoms with Gasteiger partial charge in [-0.3, -0.25) is 14.4 Å². The Bertz CT molecular complexity index is 4680. The van der Waals surface area contributed by atoms with E-state index < -0.39 is 0 Å². The Kier molecular flexibility index (Phi) is 24.2. The summed E-state index contributed by atoms with van der Waals surface area (Å²) in [6.07, 6.45) is 28.2. The highest BCUT2D eigenvalue weighted by molar-refractivity contribution is 5.89. The minimum absolute atomic E-state index is 0.289. The van der Waals surface area contributed by atoms with Crippen molar-refractivity contribution in [3.8, 4) is 5.69 Å². The van der Waals surface area contributed by atoms with E-state index in [0.29, 0.717) is 89.5 Å². The second-order valence-electron chi connectivity index (χ2n) is 30.7. The van der Waals surface area contributed by atoms with Crippen molar-refractivity contribution < 1.29 is 18.6 Å². The lowest BCUT2D eigenvalue weighted by Crippen LogP contribution is -2.35. The molecule has 28 nitrogen and oxygen atoms in total. The summed E-state index contributed by atoms with van der Waals surface area (Å²) in [6, 6.07) is 40.6. The van der Waals surface area contributed by atoms with E-state index in [4.69, 9.17) is 75.7 Å². The lowest BCUT2D eigenvalue weighted by molar-refractivity contribution is 0.0341. The van der Waals surface area contributed by atoms with Crippen LogP contribution < -0.4 is 54.4 Å². The van der Waals surface area contributed by atoms with Gasteiger partial charge in [-0.05, 0) is 168 Å². The van der Waals surface area contributed by atoms with Crippen molar-refractivity contribution in [2.75, 3.05) is 103 Å². The monoisotopic (exact) mass is 1490 g/mol. The number of furan rings is 1. The molecule has 18 rings (SSSR count). The van der Waals surface area contributed by atoms with Crippen molar-refractivity contribution in [2.45, 2.75) is 184 Å². The fourth-order valence-electron chi connectivity index (χ4n) is 16.0. The maximum absolute atomic E-state index is 6.13. The summed E-state index contributed by atoms with van der Waals surface area (Å²) in [5.74, 6) is 4.00. The van der Waals surface area contributed by atoms with Crippen molar-refractivity contribution in [1.29, 1.82) is 0 Å². The normalized spacial score (nSPS) is 21.7. The molecule has 0 unspecified atom stereocenters. The van der Waals surface area contributed by atoms with E-state index in [-0.39, 0.29) is 6.04 Å². The molecule has 11 aromatic rings. The second-order valence-corrected chi connectivity index (χ2v) is 30.7. The van der Waals surface area contributed by atoms with Crippen molar-refractivity contribution in [3.63, 3.8) is 0 Å². The third-order valence-corrected chi connectivity index (χ3v) is 22.5. The van der Waals surface area contributed by atoms with Crippen molar-refractivity contribution in [3.05, 3.63) is 157 Å². The van der Waals surface area contributed by atoms with Gasteiger partial charge < -0.3 is 82.2 Å². The zero-order valence-corrected chi connectivity index (χ0v) is 62.9. The molecule has 4 aromatic carbocycles. The van der Waals surface area contributed by atoms with Gasteiger partial charge in [0.15, 0.2) is 50.9 Å². The average Bonchev–Trinajstić information content (AvgIpc) is 1.56. The number of anilines is 10. The zero-order chi connectivity index (χ0) is 74.4. The van der Waals surface area contributed by atoms with Gasteiger partial charge in [0.2, 0.25) is 17.8 Å². The van der Waals surface area contributed by atoms with Crippen LogP contribution in [0.2, 0.25) is 0 Å². The lowest BCUT2D eigenvalue weighted by Gasteiger charge is -2.27. The van der Waals surface area contributed by atoms with E-state index in [9.17, 15) is 0 Å². The minimum Gasteiger partial charge on any atom is -0.470 e. The summed E-state index contributed by atoms with van der Waals surface area (Å²) >= 11 is 0. The Morgan fingerprint density at radius 3 is 1.29 bits per heavy atom. The average molecular weight is 1490 g/mol. The maximum atomic E-state index is 6.13. The molecule has 7 fully saturated rings. The standard InChI is InChI=1S/C29H36N8O.C27H38N8O.C26H32N8O2/c30-23-8-12-25(13-9-23)33-29-34-27(26-28(35-29)37(20-31-26)19-21-4-2-1-3-5-21)32-24-10-6-22(7-11-24)18-36-14-16-38-17-15-36;28-18-5-7-21(8-6-18)32-27-33-25(24-26(34-27)35(17-29-24)23-3-1-2-4-23)31-20-11-9-19(10-12-20)30-22-13-15-36-16-14-22;27-19-3-7-21(8-4-19)30-26-31-24(23-25(32-26)34(17-28-23)22-9-12-36-16-22)29-20-5-1-18(2-6-20)15-33-10-13-35-14-11-33/h1-7,10-11,20,23,25H,8-9,12-19,30H2,(H2,32,33,34,35);9-12,17-18,21-23,30H,1-8,13-16,28H2,(H2,31,32,33,34);1-2,5-6,9,12,16-17,19,21H,3-4,7-8,10-11,13-15,27H2,(H2,29,30,31,32). The number of nitrogens with zero attached hydrogens (tertiary/aromatic N) is 14. The third kappa shape index (κ3) is 19.3. The molecule has 0 bridgehead atoms. The first-order valence-electron chi connectivity index (χ1n) is 40.0. The molecule has 10 heterocycles. The van der Waals surface area contributed by atoms with Crippen LogP contribution in [0.5, 0.6) is 0 Å². The number of aromatic nitrogens is 12. The number of fused-ring (bicyclic) bond motifs is 3. The summed E-state index contributed by atoms with van der Waals surface area (Å²) in [6.45, 7) is 11.4. The van der Waals surface area contributed by atoms with Gasteiger partial charge in [-0.2, -0.15) is 29.9 Å². The molecule has 4 aliphatic carbocycles. The van der Waals surface area contributed by atoms with Crippen LogP contribution in [0.4, 0.5) is 58.0 Å². The molecule has 0 spiro atoms. The van der Waals surface area contributed by atoms with Crippen LogP contribution in [0.25, 0.3) is 39.2 Å². The van der Waals surface area contributed by atoms with Crippen LogP contribution in [0, 0.1) is 0 Å². The molecule has 0 radical (unpaired) electrons. The van der Waals surface area contributed by atoms with Crippen LogP contribution in [0.3, 0.4) is 0 Å². The maximum Gasteiger partial charge on any atom is 0.227 e. The topological polar surface area (TPSA) is 340 Å². The Hall–Kier alpha value is -9.91. The molecule has 28 heteroatoms. The molecule has 3 aliphatic heterocycles. The molecular weight excluding hydrogens is 1390 g/mol. The van der Waals surface area contributed by atoms with Crippen LogP contribution in [-0.4, -0.2) is 176 Å². The van der Waals surface area contributed by atoms with E-state index in [2.05, 4.69) is 158 Å². The lowest BCUT2D eigenvalue weighted by atomic mass is 9.92. The third-order valence-electron chi connectivity index (χ3n) is 22.5. The summed E-state index contributed by atoms with van der Waals surface area (Å²) in [7, 11) is 0. The molecule has 4 saturated carbocycles. The summed E-state index contributed by atoms with van der Waals surface area (Å²) in [5, 5.41) is 24.9. The van der Waals surface area contributed by atoms with Crippen molar-refractivity contribution in [1.82, 2.24) is 68.4 Å². The van der Waals surface area contributed by atoms with Crippen molar-refractivity contribution >= 4 is 91.5 Å². The van der Waals surface area contributed by atoms with Gasteiger partial charge in [0, 0.05) is 130 Å². The van der Waals surface area contributed by atoms with Gasteiger partial charge in [-0.15, -0.1) is 0 Å². The predicted molar refractivity (Wildman–Crippen MR) is 433 cm³/mol. The first kappa shape index (κ1) is 74.2. The molecular formula is C82H106N24O4. The van der Waals surface area contributed by atoms with Crippen LogP contribution in [-0.2, 0) is 33.8 Å². The summed E-state index contributed by atoms with van der Waals surface area (Å²) < 4.78 is 28.0. The van der Waals surface area contributed by atoms with Gasteiger partial charge in [-0.1, -0.05) is 67.4 Å². The minimum atomic E-state index is 0.289. The van der Waals surface area contributed by atoms with Gasteiger partial charge >= 0.3 is 0 Å². The first-order valence-corrected chi connectivity index (χ1v) is 40.0. The van der Waals surface area contributed by atoms with Gasteiger partial charge in [0.05, 0.1) is 57.6 Å². The number of ether oxygens (including phenoxy) is 3. The summed E-state index contributed by atoms with van der Waals surface area (Å²) in [4.78, 5) is 48.3. The summed E-state index contributed by atoms with van der Waals surface area (Å²) in [5.41, 5.74) is 31.7. The molecule has 7 aliphatic rings. The quantitative estimate of drug-likeness (QED) is 0.0301. The zero-order valence-electron chi connectivity index (χ0n) is 62.9. The number of nitrogens with one attached hydrogen (secondary N) is 7. The molecule has 0 amide bonds. The number of nitrogens with two attached hydrogens (primary N) is 3. The second kappa shape index (κ2) is 35.8. The highest BCUT2D eigenvalue weighted by atomic mass is 16.5. The number of imidazole rings is 3. The number of hydrogen-bond donors (Lipinski definition) is 10. The predicted octanol–water partition coefficient (Wildman–Crippen LogP) is 12.8. The smallest absolute Gasteiger partial charge is 0.227 e. The van der Waals surface area contributed by atoms with Gasteiger partial charge in [-0.25, -0.2) is 15.0 Å². The molecule has 0 atom stereocenters. The Labute approximate surface area is 642 Å². The van der Waals surface area contributed by atoms with E-state index in [1.165, 1.54) is 42.4 Å². The van der Waals surface area contributed by atoms with Gasteiger partial charge in [0.1, 0.15) is 12.6 Å². The number of rotatable bonds is 22. The van der Waals surface area contributed by atoms with Crippen LogP contribution in [0.1, 0.15) is 138 Å². The van der Waals surface area contributed by atoms with Crippen molar-refractivity contribution in [2.24, 2.45) is 17.2 Å². The van der Waals surface area contributed by atoms with E-state index in [1.54, 1.807) is 18.9 Å². The van der Waals surface area contributed by atoms with Gasteiger partial charge in [0.25, 0.3) is 0 Å². The van der Waals surface area contributed by atoms with E-state index in [0.717, 1.165) is 225 Å². The number of benzene rings is 4. The fourth-order valence-corrected chi connectivity index (χ4v) is 16.0. The highest BCUT2D eigenvalue weighted by Gasteiger charge is 2.28.